The zero-order valence-electron chi connectivity index (χ0n) is 9.92. The maximum atomic E-state index is 11.9. The van der Waals surface area contributed by atoms with E-state index in [-0.39, 0.29) is 22.1 Å². The number of nitrogens with zero attached hydrogens (tertiary/aromatic N) is 1. The van der Waals surface area contributed by atoms with Gasteiger partial charge in [0.25, 0.3) is 11.6 Å². The number of anilines is 1. The number of carbonyl (C=O) groups excluding carboxylic acids is 1. The van der Waals surface area contributed by atoms with E-state index < -0.39 is 16.4 Å². The van der Waals surface area contributed by atoms with Crippen molar-refractivity contribution < 1.29 is 9.72 Å². The summed E-state index contributed by atoms with van der Waals surface area (Å²) in [5.41, 5.74) is -0.789. The molecule has 2 aromatic rings. The summed E-state index contributed by atoms with van der Waals surface area (Å²) in [5.74, 6) is -0.673. The van der Waals surface area contributed by atoms with E-state index in [2.05, 4.69) is 10.3 Å². The van der Waals surface area contributed by atoms with Crippen LogP contribution < -0.4 is 10.9 Å². The van der Waals surface area contributed by atoms with Crippen LogP contribution in [0.25, 0.3) is 0 Å². The molecule has 0 bridgehead atoms. The smallest absolute Gasteiger partial charge is 0.292 e. The summed E-state index contributed by atoms with van der Waals surface area (Å²) in [6.07, 6.45) is 0. The van der Waals surface area contributed by atoms with Crippen LogP contribution >= 0.6 is 11.6 Å². The van der Waals surface area contributed by atoms with E-state index in [9.17, 15) is 19.7 Å². The lowest BCUT2D eigenvalue weighted by Gasteiger charge is -2.06. The molecule has 1 aromatic carbocycles. The maximum Gasteiger partial charge on any atom is 0.292 e. The number of benzene rings is 1. The number of hydrogen-bond donors (Lipinski definition) is 2. The highest BCUT2D eigenvalue weighted by Gasteiger charge is 2.17. The predicted octanol–water partition coefficient (Wildman–Crippen LogP) is 2.19. The van der Waals surface area contributed by atoms with Gasteiger partial charge in [0.2, 0.25) is 5.56 Å². The molecule has 0 atom stereocenters. The number of aromatic amines is 1. The number of hydrogen-bond acceptors (Lipinski definition) is 4. The zero-order valence-corrected chi connectivity index (χ0v) is 10.7. The van der Waals surface area contributed by atoms with Crippen LogP contribution in [0.1, 0.15) is 10.5 Å². The third-order valence-corrected chi connectivity index (χ3v) is 2.65. The Morgan fingerprint density at radius 1 is 1.30 bits per heavy atom. The van der Waals surface area contributed by atoms with Crippen molar-refractivity contribution in [3.05, 3.63) is 67.6 Å². The van der Waals surface area contributed by atoms with Gasteiger partial charge in [-0.15, -0.1) is 0 Å². The van der Waals surface area contributed by atoms with Gasteiger partial charge in [0.15, 0.2) is 0 Å². The summed E-state index contributed by atoms with van der Waals surface area (Å²) in [7, 11) is 0. The normalized spacial score (nSPS) is 10.1. The first kappa shape index (κ1) is 13.8. The number of nitro benzene ring substituents is 1. The molecule has 0 unspecified atom stereocenters. The number of rotatable bonds is 3. The number of aromatic nitrogens is 1. The van der Waals surface area contributed by atoms with Crippen molar-refractivity contribution in [1.29, 1.82) is 0 Å². The molecule has 102 valence electrons. The van der Waals surface area contributed by atoms with Crippen molar-refractivity contribution in [2.24, 2.45) is 0 Å². The average Bonchev–Trinajstić information content (AvgIpc) is 2.38. The van der Waals surface area contributed by atoms with Crippen LogP contribution in [0.15, 0.2) is 41.2 Å². The van der Waals surface area contributed by atoms with Crippen LogP contribution in [0.3, 0.4) is 0 Å². The van der Waals surface area contributed by atoms with E-state index in [1.54, 1.807) is 0 Å². The molecular weight excluding hydrogens is 286 g/mol. The van der Waals surface area contributed by atoms with Crippen LogP contribution in [0.4, 0.5) is 11.4 Å². The molecule has 0 radical (unpaired) electrons. The third kappa shape index (κ3) is 3.01. The fourth-order valence-corrected chi connectivity index (χ4v) is 1.71. The monoisotopic (exact) mass is 293 g/mol. The van der Waals surface area contributed by atoms with Gasteiger partial charge in [-0.25, -0.2) is 0 Å². The molecule has 7 nitrogen and oxygen atoms in total. The molecule has 8 heteroatoms. The van der Waals surface area contributed by atoms with Gasteiger partial charge < -0.3 is 10.3 Å². The Labute approximate surface area is 117 Å². The molecule has 2 rings (SSSR count). The second-order valence-electron chi connectivity index (χ2n) is 3.80. The fourth-order valence-electron chi connectivity index (χ4n) is 1.54. The Bertz CT molecular complexity index is 741. The molecule has 1 heterocycles. The highest BCUT2D eigenvalue weighted by atomic mass is 35.5. The van der Waals surface area contributed by atoms with Crippen LogP contribution in [0, 0.1) is 10.1 Å². The molecule has 0 aliphatic rings. The molecule has 0 saturated heterocycles. The van der Waals surface area contributed by atoms with Gasteiger partial charge in [-0.3, -0.25) is 19.7 Å². The largest absolute Gasteiger partial charge is 0.318 e. The Morgan fingerprint density at radius 3 is 2.70 bits per heavy atom. The van der Waals surface area contributed by atoms with Crippen LogP contribution in [0.2, 0.25) is 5.02 Å². The quantitative estimate of drug-likeness (QED) is 0.668. The number of pyridine rings is 1. The van der Waals surface area contributed by atoms with Crippen molar-refractivity contribution >= 4 is 28.9 Å². The minimum Gasteiger partial charge on any atom is -0.318 e. The van der Waals surface area contributed by atoms with Gasteiger partial charge in [-0.1, -0.05) is 17.7 Å². The zero-order chi connectivity index (χ0) is 14.7. The van der Waals surface area contributed by atoms with E-state index >= 15 is 0 Å². The number of nitrogens with one attached hydrogen (secondary N) is 2. The maximum absolute atomic E-state index is 11.9. The summed E-state index contributed by atoms with van der Waals surface area (Å²) in [6, 6.07) is 7.83. The second kappa shape index (κ2) is 5.54. The van der Waals surface area contributed by atoms with E-state index in [0.29, 0.717) is 0 Å². The van der Waals surface area contributed by atoms with Crippen molar-refractivity contribution in [3.8, 4) is 0 Å². The lowest BCUT2D eigenvalue weighted by atomic mass is 10.2. The Balaban J connectivity index is 2.34. The summed E-state index contributed by atoms with van der Waals surface area (Å²) in [4.78, 5) is 35.6. The molecule has 1 aromatic heterocycles. The SMILES string of the molecule is O=C(Nc1cc(Cl)ccc1[N+](=O)[O-])c1cccc(=O)[nH]1. The highest BCUT2D eigenvalue weighted by molar-refractivity contribution is 6.31. The van der Waals surface area contributed by atoms with Gasteiger partial charge in [0, 0.05) is 17.2 Å². The minimum absolute atomic E-state index is 0.00762. The molecule has 0 saturated carbocycles. The summed E-state index contributed by atoms with van der Waals surface area (Å²) >= 11 is 5.74. The molecular formula is C12H8ClN3O4. The topological polar surface area (TPSA) is 105 Å². The first-order valence-electron chi connectivity index (χ1n) is 5.42. The van der Waals surface area contributed by atoms with Gasteiger partial charge in [0.1, 0.15) is 11.4 Å². The summed E-state index contributed by atoms with van der Waals surface area (Å²) < 4.78 is 0. The van der Waals surface area contributed by atoms with Gasteiger partial charge in [-0.2, -0.15) is 0 Å². The fraction of sp³-hybridized carbons (Fsp3) is 0. The first-order valence-corrected chi connectivity index (χ1v) is 5.80. The molecule has 0 fully saturated rings. The van der Waals surface area contributed by atoms with Crippen molar-refractivity contribution in [2.45, 2.75) is 0 Å². The standard InChI is InChI=1S/C12H8ClN3O4/c13-7-4-5-10(16(19)20)9(6-7)15-12(18)8-2-1-3-11(17)14-8/h1-6H,(H,14,17)(H,15,18). The molecule has 1 amide bonds. The van der Waals surface area contributed by atoms with E-state index in [1.807, 2.05) is 0 Å². The van der Waals surface area contributed by atoms with Crippen molar-refractivity contribution in [3.63, 3.8) is 0 Å². The summed E-state index contributed by atoms with van der Waals surface area (Å²) in [6.45, 7) is 0. The van der Waals surface area contributed by atoms with E-state index in [1.165, 1.54) is 36.4 Å². The van der Waals surface area contributed by atoms with E-state index in [4.69, 9.17) is 11.6 Å². The lowest BCUT2D eigenvalue weighted by Crippen LogP contribution is -2.18. The highest BCUT2D eigenvalue weighted by Crippen LogP contribution is 2.27. The molecule has 0 spiro atoms. The minimum atomic E-state index is -0.673. The number of halogens is 1. The van der Waals surface area contributed by atoms with Crippen molar-refractivity contribution in [1.82, 2.24) is 4.98 Å². The molecule has 20 heavy (non-hydrogen) atoms. The lowest BCUT2D eigenvalue weighted by molar-refractivity contribution is -0.383. The molecule has 2 N–H and O–H groups in total. The Kier molecular flexibility index (Phi) is 3.81. The first-order chi connectivity index (χ1) is 9.47. The Morgan fingerprint density at radius 2 is 2.05 bits per heavy atom. The summed E-state index contributed by atoms with van der Waals surface area (Å²) in [5, 5.41) is 13.4. The average molecular weight is 294 g/mol. The third-order valence-electron chi connectivity index (χ3n) is 2.42. The van der Waals surface area contributed by atoms with Crippen LogP contribution in [-0.2, 0) is 0 Å². The number of H-pyrrole nitrogens is 1. The predicted molar refractivity (Wildman–Crippen MR) is 73.1 cm³/mol. The second-order valence-corrected chi connectivity index (χ2v) is 4.24. The van der Waals surface area contributed by atoms with Gasteiger partial charge in [-0.05, 0) is 18.2 Å². The van der Waals surface area contributed by atoms with Gasteiger partial charge in [0.05, 0.1) is 4.92 Å². The van der Waals surface area contributed by atoms with Crippen LogP contribution in [0.5, 0.6) is 0 Å². The van der Waals surface area contributed by atoms with E-state index in [0.717, 1.165) is 0 Å². The van der Waals surface area contributed by atoms with Gasteiger partial charge >= 0.3 is 0 Å². The molecule has 0 aliphatic carbocycles. The Hall–Kier alpha value is -2.67. The molecule has 0 aliphatic heterocycles. The van der Waals surface area contributed by atoms with Crippen LogP contribution in [-0.4, -0.2) is 15.8 Å². The van der Waals surface area contributed by atoms with Crippen molar-refractivity contribution in [2.75, 3.05) is 5.32 Å². The number of nitro groups is 1. The number of carbonyl (C=O) groups is 1. The number of amides is 1.